The average Bonchev–Trinajstić information content (AvgIpc) is 2.20. The van der Waals surface area contributed by atoms with Crippen LogP contribution in [0.2, 0.25) is 0 Å². The summed E-state index contributed by atoms with van der Waals surface area (Å²) in [6.07, 6.45) is 0.869. The van der Waals surface area contributed by atoms with Gasteiger partial charge in [-0.05, 0) is 25.8 Å². The maximum Gasteiger partial charge on any atom is 0.320 e. The number of aliphatic carboxylic acids is 3. The highest BCUT2D eigenvalue weighted by Crippen LogP contribution is 2.00. The van der Waals surface area contributed by atoms with E-state index in [1.807, 2.05) is 0 Å². The summed E-state index contributed by atoms with van der Waals surface area (Å²) < 4.78 is 0. The van der Waals surface area contributed by atoms with E-state index in [9.17, 15) is 14.4 Å². The minimum Gasteiger partial charge on any atom is -0.481 e. The van der Waals surface area contributed by atoms with Crippen molar-refractivity contribution in [2.75, 3.05) is 6.54 Å². The molecule has 0 aliphatic heterocycles. The Morgan fingerprint density at radius 2 is 1.53 bits per heavy atom. The topological polar surface area (TPSA) is 124 Å². The lowest BCUT2D eigenvalue weighted by atomic mass is 10.1. The van der Waals surface area contributed by atoms with Gasteiger partial charge in [0.05, 0.1) is 0 Å². The number of carbonyl (C=O) groups is 3. The molecule has 0 amide bonds. The normalized spacial score (nSPS) is 12.0. The quantitative estimate of drug-likeness (QED) is 0.405. The first kappa shape index (κ1) is 15.4. The average molecular weight is 247 g/mol. The van der Waals surface area contributed by atoms with E-state index in [0.717, 1.165) is 0 Å². The monoisotopic (exact) mass is 247 g/mol. The van der Waals surface area contributed by atoms with Crippen LogP contribution < -0.4 is 5.32 Å². The van der Waals surface area contributed by atoms with E-state index in [0.29, 0.717) is 19.4 Å². The second-order valence-corrected chi connectivity index (χ2v) is 3.63. The van der Waals surface area contributed by atoms with Crippen LogP contribution in [0, 0.1) is 0 Å². The van der Waals surface area contributed by atoms with Crippen LogP contribution in [0.4, 0.5) is 0 Å². The highest BCUT2D eigenvalue weighted by Gasteiger charge is 2.17. The van der Waals surface area contributed by atoms with Gasteiger partial charge in [0.1, 0.15) is 6.04 Å². The minimum absolute atomic E-state index is 0.0175. The van der Waals surface area contributed by atoms with Gasteiger partial charge >= 0.3 is 17.9 Å². The number of nitrogens with one attached hydrogen (secondary N) is 1. The third kappa shape index (κ3) is 9.31. The summed E-state index contributed by atoms with van der Waals surface area (Å²) in [5.41, 5.74) is 0. The molecule has 0 rings (SSSR count). The van der Waals surface area contributed by atoms with Crippen LogP contribution >= 0.6 is 0 Å². The zero-order valence-corrected chi connectivity index (χ0v) is 9.39. The summed E-state index contributed by atoms with van der Waals surface area (Å²) in [6.45, 7) is 0.365. The van der Waals surface area contributed by atoms with Gasteiger partial charge in [0.25, 0.3) is 0 Å². The highest BCUT2D eigenvalue weighted by atomic mass is 16.4. The predicted molar refractivity (Wildman–Crippen MR) is 57.8 cm³/mol. The largest absolute Gasteiger partial charge is 0.481 e. The van der Waals surface area contributed by atoms with Gasteiger partial charge in [0, 0.05) is 12.8 Å². The van der Waals surface area contributed by atoms with E-state index in [1.165, 1.54) is 0 Å². The molecule has 0 spiro atoms. The van der Waals surface area contributed by atoms with Crippen molar-refractivity contribution in [3.8, 4) is 0 Å². The van der Waals surface area contributed by atoms with Gasteiger partial charge in [0.2, 0.25) is 0 Å². The molecular formula is C10H17NO6. The molecule has 0 radical (unpaired) electrons. The van der Waals surface area contributed by atoms with E-state index in [1.54, 1.807) is 0 Å². The van der Waals surface area contributed by atoms with Gasteiger partial charge in [-0.15, -0.1) is 0 Å². The van der Waals surface area contributed by atoms with Crippen LogP contribution in [0.25, 0.3) is 0 Å². The number of carboxylic acid groups (broad SMARTS) is 3. The summed E-state index contributed by atoms with van der Waals surface area (Å²) in [5.74, 6) is -3.01. The molecule has 0 heterocycles. The molecule has 0 saturated carbocycles. The Labute approximate surface area is 98.4 Å². The maximum absolute atomic E-state index is 10.7. The lowest BCUT2D eigenvalue weighted by Crippen LogP contribution is -2.37. The van der Waals surface area contributed by atoms with Crippen molar-refractivity contribution < 1.29 is 29.7 Å². The molecule has 7 heteroatoms. The summed E-state index contributed by atoms with van der Waals surface area (Å²) in [5, 5.41) is 28.3. The number of rotatable bonds is 10. The van der Waals surface area contributed by atoms with E-state index in [2.05, 4.69) is 5.32 Å². The first-order valence-corrected chi connectivity index (χ1v) is 5.33. The third-order valence-corrected chi connectivity index (χ3v) is 2.15. The number of unbranched alkanes of at least 4 members (excludes halogenated alkanes) is 1. The predicted octanol–water partition coefficient (Wildman–Crippen LogP) is 0.149. The first-order chi connectivity index (χ1) is 7.93. The van der Waals surface area contributed by atoms with Gasteiger partial charge < -0.3 is 20.6 Å². The number of carboxylic acids is 3. The lowest BCUT2D eigenvalue weighted by Gasteiger charge is -2.12. The van der Waals surface area contributed by atoms with E-state index >= 15 is 0 Å². The number of hydrogen-bond donors (Lipinski definition) is 4. The zero-order chi connectivity index (χ0) is 13.3. The fourth-order valence-electron chi connectivity index (χ4n) is 1.26. The summed E-state index contributed by atoms with van der Waals surface area (Å²) in [7, 11) is 0. The van der Waals surface area contributed by atoms with Crippen LogP contribution in [0.5, 0.6) is 0 Å². The molecule has 0 saturated heterocycles. The fourth-order valence-corrected chi connectivity index (χ4v) is 1.26. The van der Waals surface area contributed by atoms with Gasteiger partial charge in [-0.25, -0.2) is 0 Å². The molecule has 0 aromatic rings. The molecule has 0 aromatic carbocycles. The van der Waals surface area contributed by atoms with Crippen molar-refractivity contribution >= 4 is 17.9 Å². The molecule has 1 atom stereocenters. The minimum atomic E-state index is -1.09. The Morgan fingerprint density at radius 1 is 0.941 bits per heavy atom. The van der Waals surface area contributed by atoms with Gasteiger partial charge in [-0.2, -0.15) is 0 Å². The van der Waals surface area contributed by atoms with E-state index in [-0.39, 0.29) is 19.3 Å². The maximum atomic E-state index is 10.7. The van der Waals surface area contributed by atoms with Crippen LogP contribution in [0.3, 0.4) is 0 Å². The molecule has 0 fully saturated rings. The van der Waals surface area contributed by atoms with Crippen LogP contribution in [-0.2, 0) is 14.4 Å². The molecule has 98 valence electrons. The Kier molecular flexibility index (Phi) is 7.70. The summed E-state index contributed by atoms with van der Waals surface area (Å²) in [6, 6.07) is -0.893. The standard InChI is InChI=1S/C10H17NO6/c12-8(13)3-1-2-6-11-7(10(16)17)4-5-9(14)15/h7,11H,1-6H2,(H,12,13)(H,14,15)(H,16,17). The molecule has 0 aliphatic rings. The molecule has 4 N–H and O–H groups in total. The molecule has 0 bridgehead atoms. The molecular weight excluding hydrogens is 230 g/mol. The second kappa shape index (κ2) is 8.51. The van der Waals surface area contributed by atoms with Crippen molar-refractivity contribution in [3.63, 3.8) is 0 Å². The molecule has 17 heavy (non-hydrogen) atoms. The van der Waals surface area contributed by atoms with Crippen LogP contribution in [0.15, 0.2) is 0 Å². The Morgan fingerprint density at radius 3 is 2.00 bits per heavy atom. The Hall–Kier alpha value is -1.63. The molecule has 0 aliphatic carbocycles. The first-order valence-electron chi connectivity index (χ1n) is 5.33. The van der Waals surface area contributed by atoms with Crippen molar-refractivity contribution in [2.45, 2.75) is 38.1 Å². The molecule has 7 nitrogen and oxygen atoms in total. The lowest BCUT2D eigenvalue weighted by molar-refractivity contribution is -0.141. The van der Waals surface area contributed by atoms with E-state index < -0.39 is 23.9 Å². The zero-order valence-electron chi connectivity index (χ0n) is 9.39. The highest BCUT2D eigenvalue weighted by molar-refractivity contribution is 5.75. The van der Waals surface area contributed by atoms with Crippen molar-refractivity contribution in [3.05, 3.63) is 0 Å². The smallest absolute Gasteiger partial charge is 0.320 e. The third-order valence-electron chi connectivity index (χ3n) is 2.15. The Balaban J connectivity index is 3.74. The summed E-state index contributed by atoms with van der Waals surface area (Å²) in [4.78, 5) is 31.2. The van der Waals surface area contributed by atoms with Crippen molar-refractivity contribution in [2.24, 2.45) is 0 Å². The van der Waals surface area contributed by atoms with Gasteiger partial charge in [-0.3, -0.25) is 14.4 Å². The van der Waals surface area contributed by atoms with E-state index in [4.69, 9.17) is 15.3 Å². The summed E-state index contributed by atoms with van der Waals surface area (Å²) >= 11 is 0. The Bertz CT molecular complexity index is 278. The van der Waals surface area contributed by atoms with Gasteiger partial charge in [0.15, 0.2) is 0 Å². The number of hydrogen-bond acceptors (Lipinski definition) is 4. The van der Waals surface area contributed by atoms with Crippen LogP contribution in [0.1, 0.15) is 32.1 Å². The van der Waals surface area contributed by atoms with Crippen molar-refractivity contribution in [1.82, 2.24) is 5.32 Å². The fraction of sp³-hybridized carbons (Fsp3) is 0.700. The molecule has 1 unspecified atom stereocenters. The molecule has 0 aromatic heterocycles. The SMILES string of the molecule is O=C(O)CCCCNC(CCC(=O)O)C(=O)O. The van der Waals surface area contributed by atoms with Gasteiger partial charge in [-0.1, -0.05) is 0 Å². The second-order valence-electron chi connectivity index (χ2n) is 3.63. The van der Waals surface area contributed by atoms with Crippen LogP contribution in [-0.4, -0.2) is 45.8 Å². The van der Waals surface area contributed by atoms with Crippen molar-refractivity contribution in [1.29, 1.82) is 0 Å².